The molecule has 1 saturated heterocycles. The molecule has 1 N–H and O–H groups in total. The van der Waals surface area contributed by atoms with Crippen molar-refractivity contribution in [1.29, 1.82) is 0 Å². The molecule has 0 bridgehead atoms. The van der Waals surface area contributed by atoms with E-state index < -0.39 is 0 Å². The number of amides is 1. The molecule has 1 aliphatic heterocycles. The number of halogens is 1. The van der Waals surface area contributed by atoms with Crippen molar-refractivity contribution >= 4 is 23.3 Å². The lowest BCUT2D eigenvalue weighted by Crippen LogP contribution is -2.36. The van der Waals surface area contributed by atoms with E-state index in [1.54, 1.807) is 0 Å². The molecule has 1 amide bonds. The second-order valence-corrected chi connectivity index (χ2v) is 6.46. The van der Waals surface area contributed by atoms with Gasteiger partial charge in [-0.3, -0.25) is 4.79 Å². The van der Waals surface area contributed by atoms with E-state index in [4.69, 9.17) is 16.3 Å². The zero-order chi connectivity index (χ0) is 17.5. The largest absolute Gasteiger partial charge is 0.378 e. The van der Waals surface area contributed by atoms with Gasteiger partial charge in [-0.1, -0.05) is 23.7 Å². The van der Waals surface area contributed by atoms with E-state index in [1.165, 1.54) is 0 Å². The number of rotatable bonds is 6. The Morgan fingerprint density at radius 3 is 2.68 bits per heavy atom. The van der Waals surface area contributed by atoms with Gasteiger partial charge in [0.1, 0.15) is 5.82 Å². The van der Waals surface area contributed by atoms with Crippen molar-refractivity contribution in [2.24, 2.45) is 0 Å². The summed E-state index contributed by atoms with van der Waals surface area (Å²) in [5.74, 6) is 1.00. The fourth-order valence-electron chi connectivity index (χ4n) is 2.73. The first-order valence-electron chi connectivity index (χ1n) is 8.49. The number of nitrogens with one attached hydrogen (secondary N) is 1. The molecule has 3 rings (SSSR count). The number of carbonyl (C=O) groups is 1. The maximum Gasteiger partial charge on any atom is 0.220 e. The highest BCUT2D eigenvalue weighted by atomic mass is 35.5. The second kappa shape index (κ2) is 8.83. The summed E-state index contributed by atoms with van der Waals surface area (Å²) in [7, 11) is 0. The summed E-state index contributed by atoms with van der Waals surface area (Å²) >= 11 is 5.86. The Hall–Kier alpha value is -2.11. The number of pyridine rings is 1. The van der Waals surface area contributed by atoms with Crippen LogP contribution in [0.2, 0.25) is 5.02 Å². The average Bonchev–Trinajstić information content (AvgIpc) is 2.67. The molecule has 0 radical (unpaired) electrons. The minimum Gasteiger partial charge on any atom is -0.378 e. The number of aromatic nitrogens is 1. The van der Waals surface area contributed by atoms with Gasteiger partial charge in [0.05, 0.1) is 13.2 Å². The minimum absolute atomic E-state index is 0.0414. The molecule has 1 aliphatic rings. The van der Waals surface area contributed by atoms with Crippen molar-refractivity contribution in [2.45, 2.75) is 19.4 Å². The summed E-state index contributed by atoms with van der Waals surface area (Å²) in [6.07, 6.45) is 2.97. The van der Waals surface area contributed by atoms with Crippen LogP contribution in [-0.2, 0) is 22.5 Å². The highest BCUT2D eigenvalue weighted by molar-refractivity contribution is 6.30. The first-order chi connectivity index (χ1) is 12.2. The predicted molar refractivity (Wildman–Crippen MR) is 98.9 cm³/mol. The van der Waals surface area contributed by atoms with Gasteiger partial charge in [0, 0.05) is 37.3 Å². The Bertz CT molecular complexity index is 700. The molecule has 0 saturated carbocycles. The molecular weight excluding hydrogens is 338 g/mol. The number of nitrogens with zero attached hydrogens (tertiary/aromatic N) is 2. The predicted octanol–water partition coefficient (Wildman–Crippen LogP) is 2.82. The van der Waals surface area contributed by atoms with Gasteiger partial charge >= 0.3 is 0 Å². The third-order valence-electron chi connectivity index (χ3n) is 4.19. The smallest absolute Gasteiger partial charge is 0.220 e. The molecule has 2 aromatic rings. The molecule has 6 heteroatoms. The van der Waals surface area contributed by atoms with Crippen LogP contribution >= 0.6 is 11.6 Å². The number of aryl methyl sites for hydroxylation is 1. The maximum atomic E-state index is 12.1. The third kappa shape index (κ3) is 5.44. The minimum atomic E-state index is 0.0414. The number of morpholine rings is 1. The highest BCUT2D eigenvalue weighted by Gasteiger charge is 2.12. The van der Waals surface area contributed by atoms with Gasteiger partial charge in [0.2, 0.25) is 5.91 Å². The molecule has 25 heavy (non-hydrogen) atoms. The van der Waals surface area contributed by atoms with Crippen LogP contribution in [0.1, 0.15) is 17.5 Å². The van der Waals surface area contributed by atoms with E-state index in [1.807, 2.05) is 36.5 Å². The van der Waals surface area contributed by atoms with Crippen molar-refractivity contribution in [3.05, 3.63) is 58.7 Å². The van der Waals surface area contributed by atoms with Crippen LogP contribution < -0.4 is 10.2 Å². The van der Waals surface area contributed by atoms with E-state index in [0.29, 0.717) is 24.4 Å². The van der Waals surface area contributed by atoms with Crippen molar-refractivity contribution in [3.63, 3.8) is 0 Å². The number of carbonyl (C=O) groups excluding carboxylic acids is 1. The van der Waals surface area contributed by atoms with Crippen LogP contribution in [-0.4, -0.2) is 37.2 Å². The topological polar surface area (TPSA) is 54.5 Å². The van der Waals surface area contributed by atoms with E-state index in [2.05, 4.69) is 21.3 Å². The molecule has 0 spiro atoms. The third-order valence-corrected chi connectivity index (χ3v) is 4.44. The molecule has 1 aromatic carbocycles. The van der Waals surface area contributed by atoms with Crippen molar-refractivity contribution < 1.29 is 9.53 Å². The van der Waals surface area contributed by atoms with Gasteiger partial charge in [-0.25, -0.2) is 4.98 Å². The zero-order valence-electron chi connectivity index (χ0n) is 14.1. The Kier molecular flexibility index (Phi) is 6.25. The van der Waals surface area contributed by atoms with Crippen LogP contribution in [0.4, 0.5) is 5.82 Å². The standard InChI is InChI=1S/C19H22ClN3O2/c20-17-4-1-16(2-5-17)14-22-19(24)6-3-15-7-8-21-18(13-15)23-9-11-25-12-10-23/h1-2,4-5,7-8,13H,3,6,9-12,14H2,(H,22,24). The van der Waals surface area contributed by atoms with E-state index in [9.17, 15) is 4.79 Å². The summed E-state index contributed by atoms with van der Waals surface area (Å²) < 4.78 is 5.37. The van der Waals surface area contributed by atoms with Crippen LogP contribution in [0.3, 0.4) is 0 Å². The fourth-order valence-corrected chi connectivity index (χ4v) is 2.86. The molecule has 1 aromatic heterocycles. The lowest BCUT2D eigenvalue weighted by atomic mass is 10.1. The van der Waals surface area contributed by atoms with Crippen LogP contribution in [0.25, 0.3) is 0 Å². The quantitative estimate of drug-likeness (QED) is 0.861. The summed E-state index contributed by atoms with van der Waals surface area (Å²) in [4.78, 5) is 18.7. The number of hydrogen-bond donors (Lipinski definition) is 1. The Balaban J connectivity index is 1.47. The van der Waals surface area contributed by atoms with E-state index in [-0.39, 0.29) is 5.91 Å². The molecule has 0 atom stereocenters. The normalized spacial score (nSPS) is 14.4. The zero-order valence-corrected chi connectivity index (χ0v) is 14.8. The van der Waals surface area contributed by atoms with Gasteiger partial charge in [-0.05, 0) is 41.8 Å². The van der Waals surface area contributed by atoms with Gasteiger partial charge < -0.3 is 15.0 Å². The van der Waals surface area contributed by atoms with E-state index >= 15 is 0 Å². The monoisotopic (exact) mass is 359 g/mol. The molecule has 2 heterocycles. The average molecular weight is 360 g/mol. The molecule has 1 fully saturated rings. The molecular formula is C19H22ClN3O2. The highest BCUT2D eigenvalue weighted by Crippen LogP contribution is 2.15. The SMILES string of the molecule is O=C(CCc1ccnc(N2CCOCC2)c1)NCc1ccc(Cl)cc1. The van der Waals surface area contributed by atoms with Gasteiger partial charge in [0.25, 0.3) is 0 Å². The Morgan fingerprint density at radius 1 is 1.16 bits per heavy atom. The number of benzene rings is 1. The van der Waals surface area contributed by atoms with Gasteiger partial charge in [0.15, 0.2) is 0 Å². The summed E-state index contributed by atoms with van der Waals surface area (Å²) in [5, 5.41) is 3.64. The van der Waals surface area contributed by atoms with E-state index in [0.717, 1.165) is 43.2 Å². The molecule has 132 valence electrons. The Morgan fingerprint density at radius 2 is 1.92 bits per heavy atom. The second-order valence-electron chi connectivity index (χ2n) is 6.02. The molecule has 0 aliphatic carbocycles. The lowest BCUT2D eigenvalue weighted by molar-refractivity contribution is -0.121. The van der Waals surface area contributed by atoms with Gasteiger partial charge in [-0.2, -0.15) is 0 Å². The van der Waals surface area contributed by atoms with Crippen molar-refractivity contribution in [1.82, 2.24) is 10.3 Å². The number of hydrogen-bond acceptors (Lipinski definition) is 4. The summed E-state index contributed by atoms with van der Waals surface area (Å²) in [6.45, 7) is 3.71. The van der Waals surface area contributed by atoms with Crippen LogP contribution in [0.15, 0.2) is 42.6 Å². The first-order valence-corrected chi connectivity index (χ1v) is 8.87. The number of anilines is 1. The number of ether oxygens (including phenoxy) is 1. The summed E-state index contributed by atoms with van der Waals surface area (Å²) in [5.41, 5.74) is 2.16. The van der Waals surface area contributed by atoms with Crippen molar-refractivity contribution in [2.75, 3.05) is 31.2 Å². The summed E-state index contributed by atoms with van der Waals surface area (Å²) in [6, 6.07) is 11.5. The maximum absolute atomic E-state index is 12.1. The van der Waals surface area contributed by atoms with Crippen molar-refractivity contribution in [3.8, 4) is 0 Å². The first kappa shape index (κ1) is 17.7. The fraction of sp³-hybridized carbons (Fsp3) is 0.368. The molecule has 5 nitrogen and oxygen atoms in total. The van der Waals surface area contributed by atoms with Crippen LogP contribution in [0, 0.1) is 0 Å². The lowest BCUT2D eigenvalue weighted by Gasteiger charge is -2.28. The Labute approximate surface area is 153 Å². The van der Waals surface area contributed by atoms with Crippen LogP contribution in [0.5, 0.6) is 0 Å². The molecule has 0 unspecified atom stereocenters. The van der Waals surface area contributed by atoms with Gasteiger partial charge in [-0.15, -0.1) is 0 Å².